The summed E-state index contributed by atoms with van der Waals surface area (Å²) in [7, 11) is 1.62. The number of hydrogen-bond donors (Lipinski definition) is 0. The molecule has 4 aromatic rings. The predicted molar refractivity (Wildman–Crippen MR) is 131 cm³/mol. The van der Waals surface area contributed by atoms with Gasteiger partial charge in [-0.3, -0.25) is 0 Å². The molecule has 39 heavy (non-hydrogen) atoms. The minimum atomic E-state index is -4.85. The van der Waals surface area contributed by atoms with Crippen LogP contribution in [0.2, 0.25) is 0 Å². The predicted octanol–water partition coefficient (Wildman–Crippen LogP) is 4.87. The van der Waals surface area contributed by atoms with E-state index in [-0.39, 0.29) is 65.3 Å². The van der Waals surface area contributed by atoms with Crippen LogP contribution in [-0.2, 0) is 24.4 Å². The standard InChI is InChI=1S/C25H24F5N9/c1-23(2,3)39-20(26)16-9-15(12-32-21(16)36-39)18-19(14(11-31)10-17(34-18)25(28,29)30)38-7-5-24(27,6-8-38)22-35-33-13-37(22)4/h9-10,12-13H,5-8H2,1-4H3. The van der Waals surface area contributed by atoms with Crippen LogP contribution in [0.1, 0.15) is 50.7 Å². The van der Waals surface area contributed by atoms with Crippen molar-refractivity contribution in [2.45, 2.75) is 51.0 Å². The number of pyridine rings is 2. The van der Waals surface area contributed by atoms with Gasteiger partial charge in [0.25, 0.3) is 0 Å². The number of halogens is 5. The van der Waals surface area contributed by atoms with Crippen molar-refractivity contribution >= 4 is 16.7 Å². The fraction of sp³-hybridized carbons (Fsp3) is 0.440. The van der Waals surface area contributed by atoms with Crippen molar-refractivity contribution in [1.29, 1.82) is 5.26 Å². The molecule has 204 valence electrons. The van der Waals surface area contributed by atoms with Gasteiger partial charge in [0, 0.05) is 44.7 Å². The third kappa shape index (κ3) is 4.55. The molecule has 9 nitrogen and oxygen atoms in total. The van der Waals surface area contributed by atoms with Gasteiger partial charge in [0.1, 0.15) is 18.1 Å². The Morgan fingerprint density at radius 2 is 1.79 bits per heavy atom. The molecule has 5 heterocycles. The van der Waals surface area contributed by atoms with Crippen LogP contribution >= 0.6 is 0 Å². The largest absolute Gasteiger partial charge is 0.433 e. The third-order valence-corrected chi connectivity index (χ3v) is 6.77. The number of nitriles is 1. The molecule has 0 N–H and O–H groups in total. The van der Waals surface area contributed by atoms with E-state index in [0.29, 0.717) is 6.07 Å². The highest BCUT2D eigenvalue weighted by molar-refractivity contribution is 5.86. The second-order valence-corrected chi connectivity index (χ2v) is 10.5. The number of aryl methyl sites for hydroxylation is 1. The number of aromatic nitrogens is 7. The molecular weight excluding hydrogens is 521 g/mol. The highest BCUT2D eigenvalue weighted by Crippen LogP contribution is 2.42. The molecule has 1 aliphatic rings. The summed E-state index contributed by atoms with van der Waals surface area (Å²) in [6.45, 7) is 5.36. The number of alkyl halides is 4. The normalized spacial score (nSPS) is 16.1. The SMILES string of the molecule is Cn1cnnc1C1(F)CCN(c2c(C#N)cc(C(F)(F)F)nc2-c2cnc3nn(C(C)(C)C)c(F)c3c2)CC1. The summed E-state index contributed by atoms with van der Waals surface area (Å²) in [4.78, 5) is 9.66. The van der Waals surface area contributed by atoms with Crippen molar-refractivity contribution < 1.29 is 22.0 Å². The zero-order chi connectivity index (χ0) is 28.3. The monoisotopic (exact) mass is 545 g/mol. The van der Waals surface area contributed by atoms with Gasteiger partial charge in [-0.05, 0) is 32.9 Å². The molecule has 14 heteroatoms. The average molecular weight is 546 g/mol. The quantitative estimate of drug-likeness (QED) is 0.339. The lowest BCUT2D eigenvalue weighted by atomic mass is 9.91. The molecule has 0 spiro atoms. The van der Waals surface area contributed by atoms with E-state index < -0.39 is 29.0 Å². The van der Waals surface area contributed by atoms with E-state index in [4.69, 9.17) is 0 Å². The summed E-state index contributed by atoms with van der Waals surface area (Å²) in [5.41, 5.74) is -4.06. The molecule has 0 amide bonds. The maximum Gasteiger partial charge on any atom is 0.433 e. The Balaban J connectivity index is 1.64. The highest BCUT2D eigenvalue weighted by Gasteiger charge is 2.42. The first-order valence-electron chi connectivity index (χ1n) is 12.1. The van der Waals surface area contributed by atoms with Crippen LogP contribution in [0.3, 0.4) is 0 Å². The molecule has 0 atom stereocenters. The number of rotatable bonds is 3. The lowest BCUT2D eigenvalue weighted by molar-refractivity contribution is -0.141. The van der Waals surface area contributed by atoms with E-state index in [0.717, 1.165) is 4.68 Å². The fourth-order valence-corrected chi connectivity index (χ4v) is 4.80. The Labute approximate surface area is 219 Å². The van der Waals surface area contributed by atoms with Gasteiger partial charge >= 0.3 is 6.18 Å². The minimum Gasteiger partial charge on any atom is -0.368 e. The van der Waals surface area contributed by atoms with Crippen LogP contribution in [0.15, 0.2) is 24.7 Å². The topological polar surface area (TPSA) is 101 Å². The Bertz CT molecular complexity index is 1600. The van der Waals surface area contributed by atoms with Crippen LogP contribution in [0.4, 0.5) is 27.6 Å². The summed E-state index contributed by atoms with van der Waals surface area (Å²) in [6, 6.07) is 3.82. The molecule has 4 aromatic heterocycles. The molecule has 0 bridgehead atoms. The number of hydrogen-bond acceptors (Lipinski definition) is 7. The molecule has 0 saturated carbocycles. The van der Waals surface area contributed by atoms with Crippen molar-refractivity contribution in [3.63, 3.8) is 0 Å². The number of fused-ring (bicyclic) bond motifs is 1. The van der Waals surface area contributed by atoms with E-state index >= 15 is 8.78 Å². The van der Waals surface area contributed by atoms with Crippen LogP contribution in [0.25, 0.3) is 22.3 Å². The van der Waals surface area contributed by atoms with Gasteiger partial charge < -0.3 is 9.47 Å². The van der Waals surface area contributed by atoms with Crippen LogP contribution < -0.4 is 4.90 Å². The first-order valence-corrected chi connectivity index (χ1v) is 12.1. The maximum absolute atomic E-state index is 15.8. The van der Waals surface area contributed by atoms with Crippen molar-refractivity contribution in [2.75, 3.05) is 18.0 Å². The summed E-state index contributed by atoms with van der Waals surface area (Å²) in [5.74, 6) is -0.556. The van der Waals surface area contributed by atoms with Gasteiger partial charge in [-0.2, -0.15) is 22.8 Å². The van der Waals surface area contributed by atoms with E-state index in [9.17, 15) is 18.4 Å². The van der Waals surface area contributed by atoms with Crippen LogP contribution in [0.5, 0.6) is 0 Å². The average Bonchev–Trinajstić information content (AvgIpc) is 3.46. The van der Waals surface area contributed by atoms with E-state index in [1.807, 2.05) is 6.07 Å². The molecule has 5 rings (SSSR count). The molecule has 1 fully saturated rings. The van der Waals surface area contributed by atoms with Gasteiger partial charge in [-0.15, -0.1) is 15.3 Å². The van der Waals surface area contributed by atoms with E-state index in [1.54, 1.807) is 32.7 Å². The Kier molecular flexibility index (Phi) is 6.08. The molecule has 0 unspecified atom stereocenters. The van der Waals surface area contributed by atoms with Gasteiger partial charge in [0.2, 0.25) is 5.95 Å². The van der Waals surface area contributed by atoms with Crippen LogP contribution in [0, 0.1) is 17.3 Å². The number of nitrogens with zero attached hydrogens (tertiary/aromatic N) is 9. The smallest absolute Gasteiger partial charge is 0.368 e. The van der Waals surface area contributed by atoms with Gasteiger partial charge in [-0.25, -0.2) is 19.0 Å². The Morgan fingerprint density at radius 1 is 1.10 bits per heavy atom. The van der Waals surface area contributed by atoms with Crippen molar-refractivity contribution in [3.05, 3.63) is 47.7 Å². The second kappa shape index (κ2) is 8.96. The summed E-state index contributed by atoms with van der Waals surface area (Å²) >= 11 is 0. The van der Waals surface area contributed by atoms with Gasteiger partial charge in [0.05, 0.1) is 27.9 Å². The third-order valence-electron chi connectivity index (χ3n) is 6.77. The first kappa shape index (κ1) is 26.5. The van der Waals surface area contributed by atoms with Gasteiger partial charge in [-0.1, -0.05) is 0 Å². The molecule has 0 aliphatic carbocycles. The Morgan fingerprint density at radius 3 is 2.36 bits per heavy atom. The summed E-state index contributed by atoms with van der Waals surface area (Å²) in [6.07, 6.45) is -2.30. The summed E-state index contributed by atoms with van der Waals surface area (Å²) < 4.78 is 75.1. The van der Waals surface area contributed by atoms with E-state index in [1.165, 1.54) is 23.2 Å². The fourth-order valence-electron chi connectivity index (χ4n) is 4.80. The first-order chi connectivity index (χ1) is 18.2. The Hall–Kier alpha value is -4.15. The minimum absolute atomic E-state index is 0.00482. The lowest BCUT2D eigenvalue weighted by Gasteiger charge is -2.38. The molecule has 1 saturated heterocycles. The zero-order valence-electron chi connectivity index (χ0n) is 21.6. The van der Waals surface area contributed by atoms with Crippen LogP contribution in [-0.4, -0.2) is 47.6 Å². The zero-order valence-corrected chi connectivity index (χ0v) is 21.6. The maximum atomic E-state index is 15.8. The van der Waals surface area contributed by atoms with E-state index in [2.05, 4.69) is 25.3 Å². The highest BCUT2D eigenvalue weighted by atomic mass is 19.4. The molecule has 1 aliphatic heterocycles. The summed E-state index contributed by atoms with van der Waals surface area (Å²) in [5, 5.41) is 21.6. The molecule has 0 aromatic carbocycles. The molecular formula is C25H24F5N9. The van der Waals surface area contributed by atoms with Gasteiger partial charge in [0.15, 0.2) is 17.1 Å². The van der Waals surface area contributed by atoms with Crippen molar-refractivity contribution in [2.24, 2.45) is 7.05 Å². The number of anilines is 1. The lowest BCUT2D eigenvalue weighted by Crippen LogP contribution is -2.42. The van der Waals surface area contributed by atoms with Crippen molar-refractivity contribution in [3.8, 4) is 17.3 Å². The molecule has 0 radical (unpaired) electrons. The second-order valence-electron chi connectivity index (χ2n) is 10.5. The van der Waals surface area contributed by atoms with Crippen molar-refractivity contribution in [1.82, 2.24) is 34.5 Å². The number of piperidine rings is 1.